The van der Waals surface area contributed by atoms with E-state index in [9.17, 15) is 4.79 Å². The van der Waals surface area contributed by atoms with E-state index in [0.29, 0.717) is 25.3 Å². The summed E-state index contributed by atoms with van der Waals surface area (Å²) in [4.78, 5) is 12.0. The van der Waals surface area contributed by atoms with E-state index >= 15 is 0 Å². The second-order valence-corrected chi connectivity index (χ2v) is 5.31. The SMILES string of the molecule is Cc1cc(C(=O)NCCOCC2CC2)ccc1C#CCN. The zero-order chi connectivity index (χ0) is 15.1. The Bertz CT molecular complexity index is 554. The predicted molar refractivity (Wildman–Crippen MR) is 83.0 cm³/mol. The first-order valence-electron chi connectivity index (χ1n) is 7.36. The maximum absolute atomic E-state index is 12.0. The van der Waals surface area contributed by atoms with Crippen LogP contribution in [0.5, 0.6) is 0 Å². The van der Waals surface area contributed by atoms with Gasteiger partial charge in [-0.05, 0) is 49.4 Å². The quantitative estimate of drug-likeness (QED) is 0.615. The minimum Gasteiger partial charge on any atom is -0.379 e. The van der Waals surface area contributed by atoms with Crippen molar-refractivity contribution in [3.8, 4) is 11.8 Å². The lowest BCUT2D eigenvalue weighted by atomic mass is 10.0. The summed E-state index contributed by atoms with van der Waals surface area (Å²) in [5.74, 6) is 6.48. The number of nitrogens with two attached hydrogens (primary N) is 1. The molecule has 0 spiro atoms. The summed E-state index contributed by atoms with van der Waals surface area (Å²) in [6, 6.07) is 5.49. The molecule has 4 nitrogen and oxygen atoms in total. The van der Waals surface area contributed by atoms with E-state index in [4.69, 9.17) is 10.5 Å². The van der Waals surface area contributed by atoms with Crippen molar-refractivity contribution in [1.82, 2.24) is 5.32 Å². The summed E-state index contributed by atoms with van der Waals surface area (Å²) in [6.45, 7) is 4.21. The van der Waals surface area contributed by atoms with Crippen molar-refractivity contribution in [1.29, 1.82) is 0 Å². The van der Waals surface area contributed by atoms with Gasteiger partial charge in [0, 0.05) is 24.3 Å². The zero-order valence-electron chi connectivity index (χ0n) is 12.4. The van der Waals surface area contributed by atoms with E-state index < -0.39 is 0 Å². The van der Waals surface area contributed by atoms with E-state index in [2.05, 4.69) is 17.2 Å². The van der Waals surface area contributed by atoms with Gasteiger partial charge in [-0.3, -0.25) is 4.79 Å². The molecule has 1 fully saturated rings. The fourth-order valence-electron chi connectivity index (χ4n) is 1.96. The van der Waals surface area contributed by atoms with Crippen LogP contribution in [0.15, 0.2) is 18.2 Å². The number of hydrogen-bond acceptors (Lipinski definition) is 3. The Morgan fingerprint density at radius 1 is 1.48 bits per heavy atom. The molecule has 0 radical (unpaired) electrons. The van der Waals surface area contributed by atoms with Gasteiger partial charge >= 0.3 is 0 Å². The standard InChI is InChI=1S/C17H22N2O2/c1-13-11-16(7-6-15(13)3-2-8-18)17(20)19-9-10-21-12-14-4-5-14/h6-7,11,14H,4-5,8-10,12,18H2,1H3,(H,19,20). The monoisotopic (exact) mass is 286 g/mol. The smallest absolute Gasteiger partial charge is 0.251 e. The predicted octanol–water partition coefficient (Wildman–Crippen LogP) is 1.46. The van der Waals surface area contributed by atoms with Crippen molar-refractivity contribution in [2.24, 2.45) is 11.7 Å². The van der Waals surface area contributed by atoms with Crippen molar-refractivity contribution >= 4 is 5.91 Å². The topological polar surface area (TPSA) is 64.3 Å². The van der Waals surface area contributed by atoms with Crippen LogP contribution in [-0.4, -0.2) is 32.2 Å². The van der Waals surface area contributed by atoms with E-state index in [1.54, 1.807) is 6.07 Å². The van der Waals surface area contributed by atoms with Gasteiger partial charge < -0.3 is 15.8 Å². The molecule has 0 bridgehead atoms. The maximum atomic E-state index is 12.0. The van der Waals surface area contributed by atoms with Crippen molar-refractivity contribution in [3.63, 3.8) is 0 Å². The molecule has 0 atom stereocenters. The Balaban J connectivity index is 1.79. The summed E-state index contributed by atoms with van der Waals surface area (Å²) in [5, 5.41) is 2.86. The van der Waals surface area contributed by atoms with Gasteiger partial charge in [-0.1, -0.05) is 11.8 Å². The Morgan fingerprint density at radius 3 is 2.95 bits per heavy atom. The van der Waals surface area contributed by atoms with E-state index in [1.165, 1.54) is 12.8 Å². The fraction of sp³-hybridized carbons (Fsp3) is 0.471. The summed E-state index contributed by atoms with van der Waals surface area (Å²) in [5.41, 5.74) is 7.89. The van der Waals surface area contributed by atoms with Crippen LogP contribution in [0.1, 0.15) is 34.3 Å². The highest BCUT2D eigenvalue weighted by atomic mass is 16.5. The number of ether oxygens (including phenoxy) is 1. The largest absolute Gasteiger partial charge is 0.379 e. The Hall–Kier alpha value is -1.83. The van der Waals surface area contributed by atoms with E-state index in [1.807, 2.05) is 19.1 Å². The molecule has 0 saturated heterocycles. The first-order valence-corrected chi connectivity index (χ1v) is 7.36. The number of nitrogens with one attached hydrogen (secondary N) is 1. The summed E-state index contributed by atoms with van der Waals surface area (Å²) in [6.07, 6.45) is 2.57. The molecule has 2 rings (SSSR count). The second kappa shape index (κ2) is 7.82. The van der Waals surface area contributed by atoms with Gasteiger partial charge in [0.15, 0.2) is 0 Å². The van der Waals surface area contributed by atoms with Gasteiger partial charge in [-0.15, -0.1) is 0 Å². The minimum absolute atomic E-state index is 0.0774. The third kappa shape index (κ3) is 5.22. The molecule has 0 unspecified atom stereocenters. The van der Waals surface area contributed by atoms with E-state index in [0.717, 1.165) is 23.7 Å². The van der Waals surface area contributed by atoms with Gasteiger partial charge in [0.25, 0.3) is 5.91 Å². The number of carbonyl (C=O) groups is 1. The van der Waals surface area contributed by atoms with Crippen LogP contribution in [-0.2, 0) is 4.74 Å². The van der Waals surface area contributed by atoms with Gasteiger partial charge in [0.05, 0.1) is 13.2 Å². The van der Waals surface area contributed by atoms with Crippen molar-refractivity contribution < 1.29 is 9.53 Å². The van der Waals surface area contributed by atoms with Crippen LogP contribution in [0, 0.1) is 24.7 Å². The molecule has 1 aromatic rings. The lowest BCUT2D eigenvalue weighted by molar-refractivity contribution is 0.0906. The van der Waals surface area contributed by atoms with Crippen LogP contribution < -0.4 is 11.1 Å². The third-order valence-corrected chi connectivity index (χ3v) is 3.40. The number of benzene rings is 1. The van der Waals surface area contributed by atoms with Crippen LogP contribution >= 0.6 is 0 Å². The average Bonchev–Trinajstić information content (AvgIpc) is 3.29. The lowest BCUT2D eigenvalue weighted by Gasteiger charge is -2.07. The Labute approximate surface area is 126 Å². The summed E-state index contributed by atoms with van der Waals surface area (Å²) >= 11 is 0. The fourth-order valence-corrected chi connectivity index (χ4v) is 1.96. The summed E-state index contributed by atoms with van der Waals surface area (Å²) in [7, 11) is 0. The Kier molecular flexibility index (Phi) is 5.79. The molecule has 21 heavy (non-hydrogen) atoms. The number of hydrogen-bond donors (Lipinski definition) is 2. The molecular weight excluding hydrogens is 264 g/mol. The third-order valence-electron chi connectivity index (χ3n) is 3.40. The molecule has 112 valence electrons. The molecule has 1 saturated carbocycles. The number of aryl methyl sites for hydroxylation is 1. The van der Waals surface area contributed by atoms with Gasteiger partial charge in [0.2, 0.25) is 0 Å². The molecular formula is C17H22N2O2. The first kappa shape index (κ1) is 15.6. The second-order valence-electron chi connectivity index (χ2n) is 5.31. The molecule has 0 heterocycles. The number of amides is 1. The van der Waals surface area contributed by atoms with Crippen LogP contribution in [0.3, 0.4) is 0 Å². The zero-order valence-corrected chi connectivity index (χ0v) is 12.4. The highest BCUT2D eigenvalue weighted by molar-refractivity contribution is 5.94. The van der Waals surface area contributed by atoms with E-state index in [-0.39, 0.29) is 5.91 Å². The van der Waals surface area contributed by atoms with Crippen molar-refractivity contribution in [2.45, 2.75) is 19.8 Å². The highest BCUT2D eigenvalue weighted by Gasteiger charge is 2.20. The van der Waals surface area contributed by atoms with Gasteiger partial charge in [0.1, 0.15) is 0 Å². The minimum atomic E-state index is -0.0774. The molecule has 1 aromatic carbocycles. The number of rotatable bonds is 6. The van der Waals surface area contributed by atoms with Crippen molar-refractivity contribution in [3.05, 3.63) is 34.9 Å². The number of carbonyl (C=O) groups excluding carboxylic acids is 1. The average molecular weight is 286 g/mol. The van der Waals surface area contributed by atoms with Crippen LogP contribution in [0.4, 0.5) is 0 Å². The van der Waals surface area contributed by atoms with Gasteiger partial charge in [-0.2, -0.15) is 0 Å². The van der Waals surface area contributed by atoms with Crippen LogP contribution in [0.25, 0.3) is 0 Å². The molecule has 1 amide bonds. The molecule has 4 heteroatoms. The lowest BCUT2D eigenvalue weighted by Crippen LogP contribution is -2.27. The van der Waals surface area contributed by atoms with Gasteiger partial charge in [-0.25, -0.2) is 0 Å². The van der Waals surface area contributed by atoms with Crippen molar-refractivity contribution in [2.75, 3.05) is 26.3 Å². The normalized spacial score (nSPS) is 13.4. The molecule has 0 aromatic heterocycles. The molecule has 3 N–H and O–H groups in total. The molecule has 0 aliphatic heterocycles. The molecule has 1 aliphatic carbocycles. The molecule has 1 aliphatic rings. The summed E-state index contributed by atoms with van der Waals surface area (Å²) < 4.78 is 5.49. The maximum Gasteiger partial charge on any atom is 0.251 e. The van der Waals surface area contributed by atoms with Crippen LogP contribution in [0.2, 0.25) is 0 Å². The first-order chi connectivity index (χ1) is 10.2. The highest BCUT2D eigenvalue weighted by Crippen LogP contribution is 2.28. The Morgan fingerprint density at radius 2 is 2.29 bits per heavy atom.